The van der Waals surface area contributed by atoms with E-state index in [1.807, 2.05) is 0 Å². The van der Waals surface area contributed by atoms with Crippen LogP contribution in [0.3, 0.4) is 0 Å². The molecule has 1 fully saturated rings. The van der Waals surface area contributed by atoms with Gasteiger partial charge >= 0.3 is 0 Å². The van der Waals surface area contributed by atoms with Gasteiger partial charge in [0.25, 0.3) is 0 Å². The molecule has 2 aliphatic rings. The maximum Gasteiger partial charge on any atom is 0.203 e. The van der Waals surface area contributed by atoms with Gasteiger partial charge in [0.05, 0.1) is 0 Å². The first-order valence-corrected chi connectivity index (χ1v) is 6.14. The number of aliphatic hydroxyl groups excluding tert-OH is 1. The van der Waals surface area contributed by atoms with Crippen molar-refractivity contribution >= 4 is 5.78 Å². The molecule has 2 nitrogen and oxygen atoms in total. The van der Waals surface area contributed by atoms with E-state index in [1.165, 1.54) is 6.42 Å². The van der Waals surface area contributed by atoms with Gasteiger partial charge in [0.15, 0.2) is 5.76 Å². The summed E-state index contributed by atoms with van der Waals surface area (Å²) >= 11 is 0. The molecule has 0 amide bonds. The van der Waals surface area contributed by atoms with Crippen LogP contribution in [0.25, 0.3) is 0 Å². The summed E-state index contributed by atoms with van der Waals surface area (Å²) in [6.07, 6.45) is 6.08. The Morgan fingerprint density at radius 1 is 1.33 bits per heavy atom. The third kappa shape index (κ3) is 1.27. The fraction of sp³-hybridized carbons (Fsp3) is 0.769. The monoisotopic (exact) mass is 208 g/mol. The van der Waals surface area contributed by atoms with Crippen LogP contribution >= 0.6 is 0 Å². The highest BCUT2D eigenvalue weighted by Crippen LogP contribution is 2.53. The first kappa shape index (κ1) is 10.7. The van der Waals surface area contributed by atoms with Gasteiger partial charge in [0.2, 0.25) is 5.78 Å². The lowest BCUT2D eigenvalue weighted by atomic mass is 9.66. The summed E-state index contributed by atoms with van der Waals surface area (Å²) in [6, 6.07) is 0. The molecule has 0 saturated heterocycles. The molecule has 84 valence electrons. The van der Waals surface area contributed by atoms with Crippen molar-refractivity contribution in [1.29, 1.82) is 0 Å². The molecule has 0 aliphatic heterocycles. The van der Waals surface area contributed by atoms with Gasteiger partial charge in [0, 0.05) is 5.41 Å². The van der Waals surface area contributed by atoms with Crippen LogP contribution in [0.2, 0.25) is 0 Å². The fourth-order valence-corrected chi connectivity index (χ4v) is 3.51. The second-order valence-corrected chi connectivity index (χ2v) is 4.86. The quantitative estimate of drug-likeness (QED) is 0.755. The van der Waals surface area contributed by atoms with Gasteiger partial charge in [-0.25, -0.2) is 0 Å². The number of carbonyl (C=O) groups is 1. The number of carbonyl (C=O) groups excluding carboxylic acids is 1. The average Bonchev–Trinajstić information content (AvgIpc) is 2.51. The molecule has 0 aromatic heterocycles. The SMILES string of the molecule is CCC1(CC)C(=O)C(O)=C2CCCCC21. The zero-order valence-corrected chi connectivity index (χ0v) is 9.68. The van der Waals surface area contributed by atoms with Crippen molar-refractivity contribution in [2.45, 2.75) is 52.4 Å². The summed E-state index contributed by atoms with van der Waals surface area (Å²) < 4.78 is 0. The number of allylic oxidation sites excluding steroid dienone is 2. The third-order valence-electron chi connectivity index (χ3n) is 4.51. The third-order valence-corrected chi connectivity index (χ3v) is 4.51. The van der Waals surface area contributed by atoms with Gasteiger partial charge in [-0.05, 0) is 43.6 Å². The van der Waals surface area contributed by atoms with Gasteiger partial charge in [-0.1, -0.05) is 20.3 Å². The lowest BCUT2D eigenvalue weighted by Gasteiger charge is -2.35. The topological polar surface area (TPSA) is 37.3 Å². The van der Waals surface area contributed by atoms with Crippen LogP contribution in [-0.2, 0) is 4.79 Å². The van der Waals surface area contributed by atoms with Crippen molar-refractivity contribution in [3.8, 4) is 0 Å². The molecule has 15 heavy (non-hydrogen) atoms. The predicted molar refractivity (Wildman–Crippen MR) is 59.6 cm³/mol. The Morgan fingerprint density at radius 2 is 2.00 bits per heavy atom. The number of rotatable bonds is 2. The largest absolute Gasteiger partial charge is 0.504 e. The highest BCUT2D eigenvalue weighted by molar-refractivity contribution is 6.01. The van der Waals surface area contributed by atoms with E-state index in [2.05, 4.69) is 13.8 Å². The minimum Gasteiger partial charge on any atom is -0.504 e. The first-order valence-electron chi connectivity index (χ1n) is 6.14. The predicted octanol–water partition coefficient (Wildman–Crippen LogP) is 3.38. The number of fused-ring (bicyclic) bond motifs is 1. The van der Waals surface area contributed by atoms with Gasteiger partial charge in [-0.3, -0.25) is 4.79 Å². The number of ketones is 1. The molecular weight excluding hydrogens is 188 g/mol. The molecule has 1 saturated carbocycles. The Bertz CT molecular complexity index is 310. The Hall–Kier alpha value is -0.790. The molecule has 1 atom stereocenters. The summed E-state index contributed by atoms with van der Waals surface area (Å²) in [7, 11) is 0. The Morgan fingerprint density at radius 3 is 2.60 bits per heavy atom. The summed E-state index contributed by atoms with van der Waals surface area (Å²) in [5.74, 6) is 0.478. The lowest BCUT2D eigenvalue weighted by Crippen LogP contribution is -2.34. The molecule has 0 aromatic carbocycles. The number of hydrogen-bond donors (Lipinski definition) is 1. The standard InChI is InChI=1S/C13H20O2/c1-3-13(4-2)10-8-6-5-7-9(10)11(14)12(13)15/h10,14H,3-8H2,1-2H3. The van der Waals surface area contributed by atoms with Crippen LogP contribution in [0, 0.1) is 11.3 Å². The number of hydrogen-bond acceptors (Lipinski definition) is 2. The Balaban J connectivity index is 2.42. The first-order chi connectivity index (χ1) is 7.17. The van der Waals surface area contributed by atoms with Crippen LogP contribution in [0.4, 0.5) is 0 Å². The van der Waals surface area contributed by atoms with E-state index >= 15 is 0 Å². The highest BCUT2D eigenvalue weighted by atomic mass is 16.3. The smallest absolute Gasteiger partial charge is 0.203 e. The molecule has 2 rings (SSSR count). The zero-order chi connectivity index (χ0) is 11.1. The zero-order valence-electron chi connectivity index (χ0n) is 9.68. The Labute approximate surface area is 91.4 Å². The summed E-state index contributed by atoms with van der Waals surface area (Å²) in [4.78, 5) is 12.1. The van der Waals surface area contributed by atoms with E-state index in [1.54, 1.807) is 0 Å². The second-order valence-electron chi connectivity index (χ2n) is 4.86. The van der Waals surface area contributed by atoms with Crippen molar-refractivity contribution in [2.75, 3.05) is 0 Å². The minimum atomic E-state index is -0.264. The van der Waals surface area contributed by atoms with E-state index in [0.29, 0.717) is 5.92 Å². The van der Waals surface area contributed by atoms with Gasteiger partial charge in [-0.15, -0.1) is 0 Å². The highest BCUT2D eigenvalue weighted by Gasteiger charge is 2.52. The van der Waals surface area contributed by atoms with E-state index in [0.717, 1.165) is 37.7 Å². The summed E-state index contributed by atoms with van der Waals surface area (Å²) in [5.41, 5.74) is 0.801. The van der Waals surface area contributed by atoms with Crippen LogP contribution in [0.5, 0.6) is 0 Å². The molecule has 0 spiro atoms. The minimum absolute atomic E-state index is 0.0226. The van der Waals surface area contributed by atoms with Crippen molar-refractivity contribution in [3.63, 3.8) is 0 Å². The van der Waals surface area contributed by atoms with Gasteiger partial charge in [-0.2, -0.15) is 0 Å². The number of Topliss-reactive ketones (excluding diaryl/α,β-unsaturated/α-hetero) is 1. The van der Waals surface area contributed by atoms with Crippen molar-refractivity contribution in [2.24, 2.45) is 11.3 Å². The molecule has 1 unspecified atom stereocenters. The van der Waals surface area contributed by atoms with Crippen LogP contribution < -0.4 is 0 Å². The van der Waals surface area contributed by atoms with Crippen molar-refractivity contribution < 1.29 is 9.90 Å². The fourth-order valence-electron chi connectivity index (χ4n) is 3.51. The van der Waals surface area contributed by atoms with Gasteiger partial charge in [0.1, 0.15) is 0 Å². The molecule has 0 aromatic rings. The van der Waals surface area contributed by atoms with Gasteiger partial charge < -0.3 is 5.11 Å². The van der Waals surface area contributed by atoms with E-state index in [4.69, 9.17) is 0 Å². The molecule has 0 heterocycles. The van der Waals surface area contributed by atoms with E-state index < -0.39 is 0 Å². The summed E-state index contributed by atoms with van der Waals surface area (Å²) in [6.45, 7) is 4.15. The summed E-state index contributed by atoms with van der Waals surface area (Å²) in [5, 5.41) is 9.92. The maximum atomic E-state index is 12.1. The Kier molecular flexibility index (Phi) is 2.61. The van der Waals surface area contributed by atoms with Crippen molar-refractivity contribution in [1.82, 2.24) is 0 Å². The van der Waals surface area contributed by atoms with Crippen LogP contribution in [-0.4, -0.2) is 10.9 Å². The van der Waals surface area contributed by atoms with Crippen molar-refractivity contribution in [3.05, 3.63) is 11.3 Å². The molecular formula is C13H20O2. The van der Waals surface area contributed by atoms with Crippen LogP contribution in [0.1, 0.15) is 52.4 Å². The van der Waals surface area contributed by atoms with Crippen LogP contribution in [0.15, 0.2) is 11.3 Å². The molecule has 2 heteroatoms. The molecule has 1 N–H and O–H groups in total. The lowest BCUT2D eigenvalue weighted by molar-refractivity contribution is -0.128. The molecule has 0 bridgehead atoms. The number of aliphatic hydroxyl groups is 1. The molecule has 0 radical (unpaired) electrons. The van der Waals surface area contributed by atoms with E-state index in [-0.39, 0.29) is 17.0 Å². The molecule has 2 aliphatic carbocycles. The van der Waals surface area contributed by atoms with E-state index in [9.17, 15) is 9.90 Å². The second kappa shape index (κ2) is 3.66. The maximum absolute atomic E-state index is 12.1. The normalized spacial score (nSPS) is 29.5. The average molecular weight is 208 g/mol.